The Morgan fingerprint density at radius 1 is 1.35 bits per heavy atom. The molecule has 0 saturated heterocycles. The third-order valence-electron chi connectivity index (χ3n) is 3.55. The van der Waals surface area contributed by atoms with Gasteiger partial charge in [-0.25, -0.2) is 8.42 Å². The molecular formula is C15H16N2O4S2. The molecule has 1 N–H and O–H groups in total. The second kappa shape index (κ2) is 6.03. The van der Waals surface area contributed by atoms with E-state index in [1.807, 2.05) is 6.92 Å². The Bertz CT molecular complexity index is 831. The number of anilines is 1. The Hall–Kier alpha value is -1.77. The van der Waals surface area contributed by atoms with Crippen LogP contribution in [-0.2, 0) is 21.4 Å². The van der Waals surface area contributed by atoms with Gasteiger partial charge >= 0.3 is 0 Å². The standard InChI is InChI=1S/C15H16N2O4S2/c1-10-15(18)16-13-8-12(5-6-14(13)22-10)23(19,20)17(2)9-11-4-3-7-21-11/h3-8,10H,9H2,1-2H3,(H,16,18)/t10-/m0/s1. The van der Waals surface area contributed by atoms with Crippen molar-refractivity contribution in [1.82, 2.24) is 4.31 Å². The summed E-state index contributed by atoms with van der Waals surface area (Å²) in [6.45, 7) is 1.95. The lowest BCUT2D eigenvalue weighted by molar-refractivity contribution is -0.115. The molecule has 23 heavy (non-hydrogen) atoms. The van der Waals surface area contributed by atoms with Crippen LogP contribution < -0.4 is 5.32 Å². The SMILES string of the molecule is C[C@@H]1Sc2ccc(S(=O)(=O)N(C)Cc3ccco3)cc2NC1=O. The maximum absolute atomic E-state index is 12.7. The highest BCUT2D eigenvalue weighted by atomic mass is 32.2. The van der Waals surface area contributed by atoms with Crippen molar-refractivity contribution < 1.29 is 17.6 Å². The second-order valence-electron chi connectivity index (χ2n) is 5.25. The van der Waals surface area contributed by atoms with Crippen molar-refractivity contribution in [3.63, 3.8) is 0 Å². The zero-order chi connectivity index (χ0) is 16.6. The molecule has 0 fully saturated rings. The van der Waals surface area contributed by atoms with Crippen LogP contribution in [0.3, 0.4) is 0 Å². The molecule has 0 bridgehead atoms. The number of hydrogen-bond donors (Lipinski definition) is 1. The first-order chi connectivity index (χ1) is 10.9. The number of hydrogen-bond acceptors (Lipinski definition) is 5. The van der Waals surface area contributed by atoms with Crippen LogP contribution in [0.1, 0.15) is 12.7 Å². The number of sulfonamides is 1. The third kappa shape index (κ3) is 3.15. The van der Waals surface area contributed by atoms with Gasteiger partial charge < -0.3 is 9.73 Å². The normalized spacial score (nSPS) is 17.9. The summed E-state index contributed by atoms with van der Waals surface area (Å²) in [4.78, 5) is 12.8. The molecule has 6 nitrogen and oxygen atoms in total. The molecule has 1 aliphatic heterocycles. The van der Waals surface area contributed by atoms with Crippen LogP contribution >= 0.6 is 11.8 Å². The summed E-state index contributed by atoms with van der Waals surface area (Å²) < 4.78 is 31.7. The first-order valence-electron chi connectivity index (χ1n) is 6.98. The molecule has 0 spiro atoms. The molecule has 2 aromatic rings. The molecule has 2 heterocycles. The highest BCUT2D eigenvalue weighted by Gasteiger charge is 2.27. The van der Waals surface area contributed by atoms with E-state index >= 15 is 0 Å². The lowest BCUT2D eigenvalue weighted by atomic mass is 10.3. The summed E-state index contributed by atoms with van der Waals surface area (Å²) in [5.41, 5.74) is 0.533. The highest BCUT2D eigenvalue weighted by molar-refractivity contribution is 8.01. The monoisotopic (exact) mass is 352 g/mol. The molecule has 3 rings (SSSR count). The summed E-state index contributed by atoms with van der Waals surface area (Å²) >= 11 is 1.42. The van der Waals surface area contributed by atoms with Gasteiger partial charge in [0, 0.05) is 11.9 Å². The zero-order valence-electron chi connectivity index (χ0n) is 12.6. The van der Waals surface area contributed by atoms with E-state index in [0.717, 1.165) is 4.90 Å². The van der Waals surface area contributed by atoms with Crippen molar-refractivity contribution >= 4 is 33.4 Å². The number of fused-ring (bicyclic) bond motifs is 1. The van der Waals surface area contributed by atoms with Crippen LogP contribution in [0, 0.1) is 0 Å². The Morgan fingerprint density at radius 2 is 2.13 bits per heavy atom. The van der Waals surface area contributed by atoms with E-state index in [1.165, 1.54) is 35.4 Å². The van der Waals surface area contributed by atoms with E-state index in [1.54, 1.807) is 24.3 Å². The minimum Gasteiger partial charge on any atom is -0.468 e. The number of carbonyl (C=O) groups is 1. The summed E-state index contributed by atoms with van der Waals surface area (Å²) in [6.07, 6.45) is 1.50. The van der Waals surface area contributed by atoms with Gasteiger partial charge in [-0.15, -0.1) is 11.8 Å². The van der Waals surface area contributed by atoms with Crippen molar-refractivity contribution in [2.24, 2.45) is 0 Å². The van der Waals surface area contributed by atoms with Gasteiger partial charge in [-0.1, -0.05) is 0 Å². The number of nitrogens with zero attached hydrogens (tertiary/aromatic N) is 1. The van der Waals surface area contributed by atoms with Gasteiger partial charge in [-0.2, -0.15) is 4.31 Å². The average Bonchev–Trinajstić information content (AvgIpc) is 3.00. The minimum atomic E-state index is -3.67. The lowest BCUT2D eigenvalue weighted by Crippen LogP contribution is -2.28. The number of carbonyl (C=O) groups excluding carboxylic acids is 1. The molecule has 1 aromatic carbocycles. The van der Waals surface area contributed by atoms with E-state index in [4.69, 9.17) is 4.42 Å². The van der Waals surface area contributed by atoms with Gasteiger partial charge in [-0.3, -0.25) is 4.79 Å². The molecule has 1 atom stereocenters. The maximum atomic E-state index is 12.7. The first-order valence-corrected chi connectivity index (χ1v) is 9.30. The number of nitrogens with one attached hydrogen (secondary N) is 1. The van der Waals surface area contributed by atoms with Gasteiger partial charge in [0.05, 0.1) is 28.6 Å². The van der Waals surface area contributed by atoms with Gasteiger partial charge in [0.2, 0.25) is 15.9 Å². The van der Waals surface area contributed by atoms with Crippen molar-refractivity contribution in [3.8, 4) is 0 Å². The maximum Gasteiger partial charge on any atom is 0.243 e. The van der Waals surface area contributed by atoms with Crippen molar-refractivity contribution in [3.05, 3.63) is 42.4 Å². The first kappa shape index (κ1) is 16.1. The summed E-state index contributed by atoms with van der Waals surface area (Å²) in [5.74, 6) is 0.438. The fourth-order valence-electron chi connectivity index (χ4n) is 2.24. The number of thioether (sulfide) groups is 1. The largest absolute Gasteiger partial charge is 0.468 e. The molecule has 0 unspecified atom stereocenters. The predicted molar refractivity (Wildman–Crippen MR) is 87.8 cm³/mol. The summed E-state index contributed by atoms with van der Waals surface area (Å²) in [7, 11) is -2.17. The molecule has 0 radical (unpaired) electrons. The Balaban J connectivity index is 1.88. The predicted octanol–water partition coefficient (Wildman–Crippen LogP) is 2.53. The number of amides is 1. The smallest absolute Gasteiger partial charge is 0.243 e. The van der Waals surface area contributed by atoms with Crippen LogP contribution in [-0.4, -0.2) is 30.9 Å². The van der Waals surface area contributed by atoms with Gasteiger partial charge in [0.15, 0.2) is 0 Å². The minimum absolute atomic E-state index is 0.124. The topological polar surface area (TPSA) is 79.6 Å². The fraction of sp³-hybridized carbons (Fsp3) is 0.267. The fourth-order valence-corrected chi connectivity index (χ4v) is 4.33. The quantitative estimate of drug-likeness (QED) is 0.915. The Morgan fingerprint density at radius 3 is 2.83 bits per heavy atom. The van der Waals surface area contributed by atoms with Crippen LogP contribution in [0.5, 0.6) is 0 Å². The third-order valence-corrected chi connectivity index (χ3v) is 6.53. The van der Waals surface area contributed by atoms with E-state index in [2.05, 4.69) is 5.32 Å². The molecule has 0 saturated carbocycles. The van der Waals surface area contributed by atoms with Crippen molar-refractivity contribution in [2.45, 2.75) is 28.5 Å². The molecule has 0 aliphatic carbocycles. The Labute approximate surface area is 138 Å². The number of furan rings is 1. The summed E-state index contributed by atoms with van der Waals surface area (Å²) in [5, 5.41) is 2.56. The Kier molecular flexibility index (Phi) is 4.22. The van der Waals surface area contributed by atoms with Gasteiger partial charge in [-0.05, 0) is 37.3 Å². The lowest BCUT2D eigenvalue weighted by Gasteiger charge is -2.23. The average molecular weight is 352 g/mol. The molecule has 1 amide bonds. The van der Waals surface area contributed by atoms with E-state index in [9.17, 15) is 13.2 Å². The second-order valence-corrected chi connectivity index (χ2v) is 8.68. The van der Waals surface area contributed by atoms with Crippen LogP contribution in [0.15, 0.2) is 50.8 Å². The van der Waals surface area contributed by atoms with E-state index in [0.29, 0.717) is 11.4 Å². The highest BCUT2D eigenvalue weighted by Crippen LogP contribution is 2.37. The number of benzene rings is 1. The molecule has 122 valence electrons. The molecular weight excluding hydrogens is 336 g/mol. The molecule has 1 aromatic heterocycles. The van der Waals surface area contributed by atoms with E-state index in [-0.39, 0.29) is 22.6 Å². The zero-order valence-corrected chi connectivity index (χ0v) is 14.3. The van der Waals surface area contributed by atoms with Crippen molar-refractivity contribution in [1.29, 1.82) is 0 Å². The van der Waals surface area contributed by atoms with E-state index < -0.39 is 10.0 Å². The van der Waals surface area contributed by atoms with Crippen LogP contribution in [0.2, 0.25) is 0 Å². The van der Waals surface area contributed by atoms with Gasteiger partial charge in [0.1, 0.15) is 5.76 Å². The van der Waals surface area contributed by atoms with Crippen LogP contribution in [0.4, 0.5) is 5.69 Å². The van der Waals surface area contributed by atoms with Crippen LogP contribution in [0.25, 0.3) is 0 Å². The molecule has 8 heteroatoms. The number of rotatable bonds is 4. The van der Waals surface area contributed by atoms with Crippen molar-refractivity contribution in [2.75, 3.05) is 12.4 Å². The summed E-state index contributed by atoms with van der Waals surface area (Å²) in [6, 6.07) is 8.22. The van der Waals surface area contributed by atoms with Gasteiger partial charge in [0.25, 0.3) is 0 Å². The molecule has 1 aliphatic rings.